The number of anilines is 1. The zero-order chi connectivity index (χ0) is 22.9. The molecule has 4 rings (SSSR count). The van der Waals surface area contributed by atoms with Gasteiger partial charge in [0.05, 0.1) is 23.0 Å². The zero-order valence-electron chi connectivity index (χ0n) is 16.4. The molecule has 0 aliphatic rings. The third-order valence-electron chi connectivity index (χ3n) is 4.39. The van der Waals surface area contributed by atoms with Crippen LogP contribution in [-0.2, 0) is 6.30 Å². The molecule has 2 aromatic heterocycles. The average Bonchev–Trinajstić information content (AvgIpc) is 3.41. The highest BCUT2D eigenvalue weighted by Gasteiger charge is 2.36. The third kappa shape index (κ3) is 4.04. The number of aromatic nitrogens is 6. The monoisotopic (exact) mass is 438 g/mol. The molecule has 1 N–H and O–H groups in total. The number of tetrazole rings is 1. The van der Waals surface area contributed by atoms with Crippen LogP contribution in [0.4, 0.5) is 18.9 Å². The van der Waals surface area contributed by atoms with E-state index in [0.717, 1.165) is 0 Å². The van der Waals surface area contributed by atoms with Crippen LogP contribution in [0.5, 0.6) is 0 Å². The van der Waals surface area contributed by atoms with Crippen LogP contribution in [0.3, 0.4) is 0 Å². The molecular weight excluding hydrogens is 425 g/mol. The van der Waals surface area contributed by atoms with Crippen molar-refractivity contribution >= 4 is 11.6 Å². The van der Waals surface area contributed by atoms with Gasteiger partial charge < -0.3 is 5.32 Å². The van der Waals surface area contributed by atoms with Crippen LogP contribution in [0.15, 0.2) is 54.6 Å². The van der Waals surface area contributed by atoms with Gasteiger partial charge in [0.15, 0.2) is 5.82 Å². The Hall–Kier alpha value is -4.53. The van der Waals surface area contributed by atoms with Crippen LogP contribution in [0.2, 0.25) is 0 Å². The highest BCUT2D eigenvalue weighted by Crippen LogP contribution is 2.27. The minimum atomic E-state index is -4.76. The molecule has 0 fully saturated rings. The Labute approximate surface area is 178 Å². The maximum Gasteiger partial charge on any atom is 0.507 e. The molecule has 160 valence electrons. The first kappa shape index (κ1) is 20.7. The number of rotatable bonds is 4. The molecule has 2 aromatic carbocycles. The lowest BCUT2D eigenvalue weighted by atomic mass is 10.2. The van der Waals surface area contributed by atoms with Crippen molar-refractivity contribution < 1.29 is 18.0 Å². The predicted molar refractivity (Wildman–Crippen MR) is 106 cm³/mol. The lowest BCUT2D eigenvalue weighted by Crippen LogP contribution is -2.19. The van der Waals surface area contributed by atoms with E-state index >= 15 is 0 Å². The van der Waals surface area contributed by atoms with Gasteiger partial charge in [-0.05, 0) is 65.9 Å². The van der Waals surface area contributed by atoms with Gasteiger partial charge in [0.2, 0.25) is 0 Å². The second-order valence-corrected chi connectivity index (χ2v) is 6.66. The zero-order valence-corrected chi connectivity index (χ0v) is 16.4. The summed E-state index contributed by atoms with van der Waals surface area (Å²) >= 11 is 0. The predicted octanol–water partition coefficient (Wildman–Crippen LogP) is 3.43. The summed E-state index contributed by atoms with van der Waals surface area (Å²) < 4.78 is 40.1. The maximum absolute atomic E-state index is 13.0. The summed E-state index contributed by atoms with van der Waals surface area (Å²) in [5, 5.41) is 25.5. The fraction of sp³-hybridized carbons (Fsp3) is 0.100. The van der Waals surface area contributed by atoms with Gasteiger partial charge in [-0.15, -0.1) is 23.0 Å². The van der Waals surface area contributed by atoms with Gasteiger partial charge >= 0.3 is 6.30 Å². The molecule has 0 unspecified atom stereocenters. The van der Waals surface area contributed by atoms with Crippen molar-refractivity contribution in [1.82, 2.24) is 30.0 Å². The number of benzene rings is 2. The highest BCUT2D eigenvalue weighted by atomic mass is 19.4. The number of nitrogens with zero attached hydrogens (tertiary/aromatic N) is 7. The number of aryl methyl sites for hydroxylation is 1. The van der Waals surface area contributed by atoms with E-state index in [-0.39, 0.29) is 15.9 Å². The van der Waals surface area contributed by atoms with Gasteiger partial charge in [0.25, 0.3) is 5.91 Å². The Morgan fingerprint density at radius 3 is 2.56 bits per heavy atom. The lowest BCUT2D eigenvalue weighted by molar-refractivity contribution is -0.211. The summed E-state index contributed by atoms with van der Waals surface area (Å²) in [4.78, 5) is 12.9. The molecule has 4 aromatic rings. The van der Waals surface area contributed by atoms with Crippen molar-refractivity contribution in [2.45, 2.75) is 13.2 Å². The van der Waals surface area contributed by atoms with Crippen LogP contribution >= 0.6 is 0 Å². The Kier molecular flexibility index (Phi) is 5.15. The first-order valence-corrected chi connectivity index (χ1v) is 9.11. The minimum absolute atomic E-state index is 0.125. The summed E-state index contributed by atoms with van der Waals surface area (Å²) in [6.07, 6.45) is -4.76. The number of carbonyl (C=O) groups is 1. The van der Waals surface area contributed by atoms with Crippen molar-refractivity contribution in [3.05, 3.63) is 71.5 Å². The maximum atomic E-state index is 13.0. The van der Waals surface area contributed by atoms with Crippen LogP contribution in [0, 0.1) is 18.3 Å². The Morgan fingerprint density at radius 2 is 1.88 bits per heavy atom. The summed E-state index contributed by atoms with van der Waals surface area (Å²) in [6.45, 7) is 1.72. The van der Waals surface area contributed by atoms with Crippen LogP contribution in [-0.4, -0.2) is 35.9 Å². The van der Waals surface area contributed by atoms with Gasteiger partial charge in [0, 0.05) is 11.3 Å². The fourth-order valence-corrected chi connectivity index (χ4v) is 3.00. The van der Waals surface area contributed by atoms with Crippen molar-refractivity contribution in [2.24, 2.45) is 0 Å². The Balaban J connectivity index is 1.58. The second kappa shape index (κ2) is 7.95. The van der Waals surface area contributed by atoms with Gasteiger partial charge in [-0.2, -0.15) is 10.4 Å². The normalized spacial score (nSPS) is 11.2. The molecule has 0 spiro atoms. The van der Waals surface area contributed by atoms with E-state index < -0.39 is 18.0 Å². The van der Waals surface area contributed by atoms with Crippen molar-refractivity contribution in [2.75, 3.05) is 5.32 Å². The van der Waals surface area contributed by atoms with E-state index in [4.69, 9.17) is 5.26 Å². The van der Waals surface area contributed by atoms with E-state index in [2.05, 4.69) is 25.9 Å². The molecule has 0 aliphatic carbocycles. The van der Waals surface area contributed by atoms with Crippen molar-refractivity contribution in [3.63, 3.8) is 0 Å². The first-order chi connectivity index (χ1) is 15.3. The van der Waals surface area contributed by atoms with Gasteiger partial charge in [-0.25, -0.2) is 4.68 Å². The first-order valence-electron chi connectivity index (χ1n) is 9.11. The van der Waals surface area contributed by atoms with Gasteiger partial charge in [-0.3, -0.25) is 4.79 Å². The molecule has 0 atom stereocenters. The fourth-order valence-electron chi connectivity index (χ4n) is 3.00. The summed E-state index contributed by atoms with van der Waals surface area (Å²) in [5.41, 5.74) is 2.24. The standard InChI is InChI=1S/C20H13F3N8O/c1-12-9-17(30(27-12)16-4-2-3-13(10-16)11-24)19(32)25-15-7-5-14(6-8-15)18-26-28-29-31(18)20(21,22)23/h2-10H,1H3,(H,25,32). The number of halogens is 3. The Bertz CT molecular complexity index is 1330. The molecule has 2 heterocycles. The molecular formula is C20H13F3N8O. The van der Waals surface area contributed by atoms with E-state index in [9.17, 15) is 18.0 Å². The SMILES string of the molecule is Cc1cc(C(=O)Nc2ccc(-c3nnnn3C(F)(F)F)cc2)n(-c2cccc(C#N)c2)n1. The largest absolute Gasteiger partial charge is 0.507 e. The Morgan fingerprint density at radius 1 is 1.12 bits per heavy atom. The number of carbonyl (C=O) groups excluding carboxylic acids is 1. The summed E-state index contributed by atoms with van der Waals surface area (Å²) in [6, 6.07) is 15.8. The van der Waals surface area contributed by atoms with Crippen LogP contribution in [0.1, 0.15) is 21.7 Å². The molecule has 0 saturated carbocycles. The highest BCUT2D eigenvalue weighted by molar-refractivity contribution is 6.03. The number of nitriles is 1. The number of amides is 1. The van der Waals surface area contributed by atoms with E-state index in [1.54, 1.807) is 37.3 Å². The van der Waals surface area contributed by atoms with Gasteiger partial charge in [-0.1, -0.05) is 6.07 Å². The number of hydrogen-bond donors (Lipinski definition) is 1. The summed E-state index contributed by atoms with van der Waals surface area (Å²) in [7, 11) is 0. The topological polar surface area (TPSA) is 114 Å². The molecule has 32 heavy (non-hydrogen) atoms. The minimum Gasteiger partial charge on any atom is -0.321 e. The van der Waals surface area contributed by atoms with Crippen molar-refractivity contribution in [3.8, 4) is 23.1 Å². The van der Waals surface area contributed by atoms with Gasteiger partial charge in [0.1, 0.15) is 5.69 Å². The summed E-state index contributed by atoms with van der Waals surface area (Å²) in [5.74, 6) is -0.956. The van der Waals surface area contributed by atoms with E-state index in [0.29, 0.717) is 22.6 Å². The molecule has 1 amide bonds. The number of hydrogen-bond acceptors (Lipinski definition) is 6. The average molecular weight is 438 g/mol. The van der Waals surface area contributed by atoms with Crippen molar-refractivity contribution in [1.29, 1.82) is 5.26 Å². The lowest BCUT2D eigenvalue weighted by Gasteiger charge is -2.10. The number of alkyl halides is 3. The smallest absolute Gasteiger partial charge is 0.321 e. The van der Waals surface area contributed by atoms with Crippen LogP contribution in [0.25, 0.3) is 17.1 Å². The van der Waals surface area contributed by atoms with E-state index in [1.807, 2.05) is 6.07 Å². The van der Waals surface area contributed by atoms with Crippen LogP contribution < -0.4 is 5.32 Å². The quantitative estimate of drug-likeness (QED) is 0.522. The molecule has 0 radical (unpaired) electrons. The second-order valence-electron chi connectivity index (χ2n) is 6.66. The third-order valence-corrected chi connectivity index (χ3v) is 4.39. The molecule has 9 nitrogen and oxygen atoms in total. The number of nitrogens with one attached hydrogen (secondary N) is 1. The molecule has 0 aliphatic heterocycles. The molecule has 0 bridgehead atoms. The van der Waals surface area contributed by atoms with E-state index in [1.165, 1.54) is 28.9 Å². The molecule has 12 heteroatoms. The molecule has 0 saturated heterocycles.